The molecule has 0 unspecified atom stereocenters. The molecule has 2 N–H and O–H groups in total. The van der Waals surface area contributed by atoms with Crippen LogP contribution >= 0.6 is 0 Å². The van der Waals surface area contributed by atoms with Gasteiger partial charge in [-0.2, -0.15) is 0 Å². The summed E-state index contributed by atoms with van der Waals surface area (Å²) in [5.74, 6) is 5.00. The predicted octanol–water partition coefficient (Wildman–Crippen LogP) is 1.26. The summed E-state index contributed by atoms with van der Waals surface area (Å²) in [6.45, 7) is 2.48. The molecule has 0 saturated carbocycles. The Balaban J connectivity index is 2.95. The van der Waals surface area contributed by atoms with E-state index in [9.17, 15) is 4.79 Å². The van der Waals surface area contributed by atoms with Crippen LogP contribution in [0.3, 0.4) is 0 Å². The molecule has 0 heterocycles. The van der Waals surface area contributed by atoms with Crippen molar-refractivity contribution in [3.05, 3.63) is 34.9 Å². The predicted molar refractivity (Wildman–Crippen MR) is 58.9 cm³/mol. The molecule has 0 saturated heterocycles. The van der Waals surface area contributed by atoms with Gasteiger partial charge in [0, 0.05) is 5.56 Å². The molecule has 3 heteroatoms. The van der Waals surface area contributed by atoms with E-state index in [4.69, 9.17) is 5.11 Å². The maximum atomic E-state index is 10.7. The van der Waals surface area contributed by atoms with Gasteiger partial charge in [-0.25, -0.2) is 4.79 Å². The van der Waals surface area contributed by atoms with Crippen LogP contribution in [0.25, 0.3) is 0 Å². The number of hydrogen-bond acceptors (Lipinski definition) is 2. The van der Waals surface area contributed by atoms with Crippen LogP contribution in [0.1, 0.15) is 21.5 Å². The SMILES string of the molecule is CNCC#Cc1ccc(C(=O)O)cc1C. The topological polar surface area (TPSA) is 49.3 Å². The van der Waals surface area contributed by atoms with E-state index in [1.807, 2.05) is 14.0 Å². The Kier molecular flexibility index (Phi) is 3.90. The highest BCUT2D eigenvalue weighted by Gasteiger charge is 2.03. The second kappa shape index (κ2) is 5.18. The lowest BCUT2D eigenvalue weighted by Crippen LogP contribution is -2.04. The fourth-order valence-corrected chi connectivity index (χ4v) is 1.16. The van der Waals surface area contributed by atoms with Gasteiger partial charge in [0.2, 0.25) is 0 Å². The van der Waals surface area contributed by atoms with Crippen LogP contribution in [-0.2, 0) is 0 Å². The Bertz CT molecular complexity index is 427. The Morgan fingerprint density at radius 1 is 1.53 bits per heavy atom. The lowest BCUT2D eigenvalue weighted by Gasteiger charge is -1.99. The van der Waals surface area contributed by atoms with Crippen LogP contribution in [0.5, 0.6) is 0 Å². The highest BCUT2D eigenvalue weighted by atomic mass is 16.4. The number of carboxylic acid groups (broad SMARTS) is 1. The molecule has 15 heavy (non-hydrogen) atoms. The van der Waals surface area contributed by atoms with Crippen molar-refractivity contribution in [3.63, 3.8) is 0 Å². The van der Waals surface area contributed by atoms with Crippen molar-refractivity contribution in [2.24, 2.45) is 0 Å². The zero-order valence-electron chi connectivity index (χ0n) is 8.79. The van der Waals surface area contributed by atoms with Gasteiger partial charge in [-0.1, -0.05) is 11.8 Å². The quantitative estimate of drug-likeness (QED) is 0.711. The first-order valence-corrected chi connectivity index (χ1v) is 4.62. The minimum atomic E-state index is -0.909. The smallest absolute Gasteiger partial charge is 0.335 e. The highest BCUT2D eigenvalue weighted by Crippen LogP contribution is 2.09. The second-order valence-corrected chi connectivity index (χ2v) is 3.17. The molecule has 0 aliphatic rings. The normalized spacial score (nSPS) is 9.20. The van der Waals surface area contributed by atoms with E-state index in [1.165, 1.54) is 0 Å². The van der Waals surface area contributed by atoms with Gasteiger partial charge >= 0.3 is 5.97 Å². The summed E-state index contributed by atoms with van der Waals surface area (Å²) in [6.07, 6.45) is 0. The van der Waals surface area contributed by atoms with Crippen LogP contribution in [0.4, 0.5) is 0 Å². The monoisotopic (exact) mass is 203 g/mol. The second-order valence-electron chi connectivity index (χ2n) is 3.17. The van der Waals surface area contributed by atoms with Gasteiger partial charge in [-0.3, -0.25) is 0 Å². The van der Waals surface area contributed by atoms with Crippen molar-refractivity contribution in [1.82, 2.24) is 5.32 Å². The van der Waals surface area contributed by atoms with Crippen molar-refractivity contribution < 1.29 is 9.90 Å². The first-order chi connectivity index (χ1) is 7.15. The number of carbonyl (C=O) groups is 1. The van der Waals surface area contributed by atoms with Gasteiger partial charge in [0.1, 0.15) is 0 Å². The van der Waals surface area contributed by atoms with Gasteiger partial charge in [0.25, 0.3) is 0 Å². The van der Waals surface area contributed by atoms with Crippen molar-refractivity contribution in [3.8, 4) is 11.8 Å². The summed E-state index contributed by atoms with van der Waals surface area (Å²) in [5.41, 5.74) is 2.06. The number of hydrogen-bond donors (Lipinski definition) is 2. The molecular weight excluding hydrogens is 190 g/mol. The van der Waals surface area contributed by atoms with E-state index in [-0.39, 0.29) is 0 Å². The maximum absolute atomic E-state index is 10.7. The van der Waals surface area contributed by atoms with Crippen LogP contribution in [0, 0.1) is 18.8 Å². The van der Waals surface area contributed by atoms with Gasteiger partial charge in [0.05, 0.1) is 12.1 Å². The van der Waals surface area contributed by atoms with E-state index < -0.39 is 5.97 Å². The van der Waals surface area contributed by atoms with Crippen LogP contribution in [-0.4, -0.2) is 24.7 Å². The molecule has 0 aliphatic heterocycles. The minimum absolute atomic E-state index is 0.298. The fourth-order valence-electron chi connectivity index (χ4n) is 1.16. The number of aryl methyl sites for hydroxylation is 1. The zero-order chi connectivity index (χ0) is 11.3. The number of benzene rings is 1. The lowest BCUT2D eigenvalue weighted by atomic mass is 10.1. The molecule has 0 radical (unpaired) electrons. The van der Waals surface area contributed by atoms with Crippen molar-refractivity contribution in [1.29, 1.82) is 0 Å². The van der Waals surface area contributed by atoms with Crippen molar-refractivity contribution in [2.75, 3.05) is 13.6 Å². The number of aromatic carboxylic acids is 1. The molecule has 0 aliphatic carbocycles. The Hall–Kier alpha value is -1.79. The van der Waals surface area contributed by atoms with Gasteiger partial charge < -0.3 is 10.4 Å². The number of rotatable bonds is 2. The number of nitrogens with one attached hydrogen (secondary N) is 1. The van der Waals surface area contributed by atoms with E-state index in [0.29, 0.717) is 12.1 Å². The summed E-state index contributed by atoms with van der Waals surface area (Å²) in [5, 5.41) is 11.7. The fraction of sp³-hybridized carbons (Fsp3) is 0.250. The summed E-state index contributed by atoms with van der Waals surface area (Å²) in [4.78, 5) is 10.7. The molecule has 0 atom stereocenters. The molecule has 0 aromatic heterocycles. The molecule has 0 fully saturated rings. The van der Waals surface area contributed by atoms with Crippen molar-refractivity contribution in [2.45, 2.75) is 6.92 Å². The van der Waals surface area contributed by atoms with E-state index in [2.05, 4.69) is 17.2 Å². The van der Waals surface area contributed by atoms with E-state index in [1.54, 1.807) is 18.2 Å². The average molecular weight is 203 g/mol. The first-order valence-electron chi connectivity index (χ1n) is 4.62. The highest BCUT2D eigenvalue weighted by molar-refractivity contribution is 5.88. The molecule has 1 rings (SSSR count). The van der Waals surface area contributed by atoms with E-state index in [0.717, 1.165) is 11.1 Å². The third kappa shape index (κ3) is 3.12. The summed E-state index contributed by atoms with van der Waals surface area (Å²) in [7, 11) is 1.83. The van der Waals surface area contributed by atoms with Gasteiger partial charge in [0.15, 0.2) is 0 Å². The zero-order valence-corrected chi connectivity index (χ0v) is 8.79. The van der Waals surface area contributed by atoms with E-state index >= 15 is 0 Å². The van der Waals surface area contributed by atoms with Gasteiger partial charge in [-0.15, -0.1) is 0 Å². The number of carboxylic acids is 1. The average Bonchev–Trinajstić information content (AvgIpc) is 2.20. The summed E-state index contributed by atoms with van der Waals surface area (Å²) < 4.78 is 0. The Morgan fingerprint density at radius 3 is 2.80 bits per heavy atom. The molecule has 3 nitrogen and oxygen atoms in total. The van der Waals surface area contributed by atoms with Crippen LogP contribution in [0.2, 0.25) is 0 Å². The summed E-state index contributed by atoms with van der Waals surface area (Å²) in [6, 6.07) is 4.94. The third-order valence-corrected chi connectivity index (χ3v) is 1.96. The maximum Gasteiger partial charge on any atom is 0.335 e. The molecular formula is C12H13NO2. The lowest BCUT2D eigenvalue weighted by molar-refractivity contribution is 0.0697. The first kappa shape index (κ1) is 11.3. The minimum Gasteiger partial charge on any atom is -0.478 e. The standard InChI is InChI=1S/C12H13NO2/c1-9-8-11(12(14)15)6-5-10(9)4-3-7-13-2/h5-6,8,13H,7H2,1-2H3,(H,14,15). The molecule has 1 aromatic carbocycles. The van der Waals surface area contributed by atoms with Crippen LogP contribution < -0.4 is 5.32 Å². The van der Waals surface area contributed by atoms with Crippen LogP contribution in [0.15, 0.2) is 18.2 Å². The molecule has 0 spiro atoms. The van der Waals surface area contributed by atoms with Gasteiger partial charge in [-0.05, 0) is 37.7 Å². The summed E-state index contributed by atoms with van der Waals surface area (Å²) >= 11 is 0. The Morgan fingerprint density at radius 2 is 2.27 bits per heavy atom. The molecule has 0 bridgehead atoms. The Labute approximate surface area is 89.1 Å². The molecule has 1 aromatic rings. The largest absolute Gasteiger partial charge is 0.478 e. The molecule has 78 valence electrons. The molecule has 0 amide bonds. The third-order valence-electron chi connectivity index (χ3n) is 1.96. The van der Waals surface area contributed by atoms with Crippen molar-refractivity contribution >= 4 is 5.97 Å².